The quantitative estimate of drug-likeness (QED) is 0.762. The van der Waals surface area contributed by atoms with Gasteiger partial charge in [0.15, 0.2) is 11.6 Å². The van der Waals surface area contributed by atoms with Gasteiger partial charge in [0.25, 0.3) is 0 Å². The Hall–Kier alpha value is -2.58. The smallest absolute Gasteiger partial charge is 0.410 e. The van der Waals surface area contributed by atoms with Gasteiger partial charge in [-0.2, -0.15) is 0 Å². The molecule has 27 heavy (non-hydrogen) atoms. The van der Waals surface area contributed by atoms with Crippen molar-refractivity contribution in [2.24, 2.45) is 0 Å². The van der Waals surface area contributed by atoms with E-state index in [1.54, 1.807) is 4.90 Å². The van der Waals surface area contributed by atoms with Crippen LogP contribution < -0.4 is 9.80 Å². The monoisotopic (exact) mass is 374 g/mol. The van der Waals surface area contributed by atoms with E-state index in [9.17, 15) is 9.59 Å². The van der Waals surface area contributed by atoms with Gasteiger partial charge in [-0.3, -0.25) is 9.69 Å². The van der Waals surface area contributed by atoms with E-state index in [0.29, 0.717) is 39.3 Å². The maximum atomic E-state index is 12.4. The molecule has 0 N–H and O–H groups in total. The summed E-state index contributed by atoms with van der Waals surface area (Å²) in [6.45, 7) is 5.74. The molecule has 3 saturated heterocycles. The minimum Gasteiger partial charge on any atom is -0.448 e. The third-order valence-electron chi connectivity index (χ3n) is 5.44. The average Bonchev–Trinajstić information content (AvgIpc) is 3.13. The third kappa shape index (κ3) is 4.06. The van der Waals surface area contributed by atoms with Crippen LogP contribution in [-0.2, 0) is 9.53 Å². The van der Waals surface area contributed by atoms with Crippen molar-refractivity contribution in [1.82, 2.24) is 20.0 Å². The first kappa shape index (κ1) is 17.8. The van der Waals surface area contributed by atoms with E-state index in [2.05, 4.69) is 20.0 Å². The predicted octanol–water partition coefficient (Wildman–Crippen LogP) is 0.568. The zero-order valence-corrected chi connectivity index (χ0v) is 15.5. The Morgan fingerprint density at radius 3 is 2.07 bits per heavy atom. The Morgan fingerprint density at radius 2 is 1.52 bits per heavy atom. The largest absolute Gasteiger partial charge is 0.448 e. The SMILES string of the molecule is O=C(CN1CCOC1=O)N1CCN(c2ccc(N3CCCCC3)nn2)CC1. The number of piperidine rings is 1. The summed E-state index contributed by atoms with van der Waals surface area (Å²) >= 11 is 0. The van der Waals surface area contributed by atoms with E-state index in [-0.39, 0.29) is 12.5 Å². The first-order valence-electron chi connectivity index (χ1n) is 9.74. The number of ether oxygens (including phenoxy) is 1. The minimum atomic E-state index is -0.397. The van der Waals surface area contributed by atoms with Crippen LogP contribution >= 0.6 is 0 Å². The van der Waals surface area contributed by atoms with E-state index >= 15 is 0 Å². The second kappa shape index (κ2) is 7.98. The van der Waals surface area contributed by atoms with Crippen LogP contribution in [0.3, 0.4) is 0 Å². The Morgan fingerprint density at radius 1 is 0.889 bits per heavy atom. The number of carbonyl (C=O) groups excluding carboxylic acids is 2. The molecule has 0 spiro atoms. The fourth-order valence-electron chi connectivity index (χ4n) is 3.80. The van der Waals surface area contributed by atoms with Crippen LogP contribution in [0.5, 0.6) is 0 Å². The summed E-state index contributed by atoms with van der Waals surface area (Å²) in [7, 11) is 0. The number of aromatic nitrogens is 2. The normalized spacial score (nSPS) is 20.8. The van der Waals surface area contributed by atoms with Crippen LogP contribution in [-0.4, -0.2) is 91.0 Å². The van der Waals surface area contributed by atoms with Crippen molar-refractivity contribution in [1.29, 1.82) is 0 Å². The first-order chi connectivity index (χ1) is 13.2. The summed E-state index contributed by atoms with van der Waals surface area (Å²) < 4.78 is 4.87. The Balaban J connectivity index is 1.28. The van der Waals surface area contributed by atoms with Gasteiger partial charge in [-0.15, -0.1) is 10.2 Å². The van der Waals surface area contributed by atoms with Crippen molar-refractivity contribution in [3.05, 3.63) is 12.1 Å². The summed E-state index contributed by atoms with van der Waals surface area (Å²) in [5.74, 6) is 1.77. The molecule has 0 aromatic carbocycles. The van der Waals surface area contributed by atoms with E-state index in [4.69, 9.17) is 4.74 Å². The molecule has 0 atom stereocenters. The molecule has 0 bridgehead atoms. The topological polar surface area (TPSA) is 82.1 Å². The lowest BCUT2D eigenvalue weighted by Gasteiger charge is -2.35. The molecule has 3 aliphatic heterocycles. The van der Waals surface area contributed by atoms with Crippen LogP contribution in [0.25, 0.3) is 0 Å². The molecule has 4 heterocycles. The molecule has 0 saturated carbocycles. The number of cyclic esters (lactones) is 1. The first-order valence-corrected chi connectivity index (χ1v) is 9.74. The van der Waals surface area contributed by atoms with E-state index in [1.165, 1.54) is 24.2 Å². The number of piperazine rings is 1. The summed E-state index contributed by atoms with van der Waals surface area (Å²) in [6, 6.07) is 4.07. The molecule has 0 radical (unpaired) electrons. The molecule has 0 unspecified atom stereocenters. The molecule has 9 heteroatoms. The molecule has 4 rings (SSSR count). The number of rotatable bonds is 4. The lowest BCUT2D eigenvalue weighted by atomic mass is 10.1. The van der Waals surface area contributed by atoms with Gasteiger partial charge in [-0.25, -0.2) is 4.79 Å². The van der Waals surface area contributed by atoms with Gasteiger partial charge in [0.05, 0.1) is 6.54 Å². The van der Waals surface area contributed by atoms with Crippen molar-refractivity contribution in [2.45, 2.75) is 19.3 Å². The van der Waals surface area contributed by atoms with Gasteiger partial charge >= 0.3 is 6.09 Å². The lowest BCUT2D eigenvalue weighted by molar-refractivity contribution is -0.132. The number of hydrogen-bond donors (Lipinski definition) is 0. The van der Waals surface area contributed by atoms with Crippen LogP contribution in [0.4, 0.5) is 16.4 Å². The number of hydrogen-bond acceptors (Lipinski definition) is 7. The van der Waals surface area contributed by atoms with Gasteiger partial charge in [0, 0.05) is 39.3 Å². The van der Waals surface area contributed by atoms with Gasteiger partial charge in [0.1, 0.15) is 13.2 Å². The van der Waals surface area contributed by atoms with E-state index in [0.717, 1.165) is 24.7 Å². The summed E-state index contributed by atoms with van der Waals surface area (Å²) in [5, 5.41) is 8.81. The maximum Gasteiger partial charge on any atom is 0.410 e. The number of anilines is 2. The van der Waals surface area contributed by atoms with Crippen LogP contribution in [0.1, 0.15) is 19.3 Å². The van der Waals surface area contributed by atoms with Crippen molar-refractivity contribution in [2.75, 3.05) is 68.8 Å². The summed E-state index contributed by atoms with van der Waals surface area (Å²) in [5.41, 5.74) is 0. The molecular formula is C18H26N6O3. The zero-order valence-electron chi connectivity index (χ0n) is 15.5. The van der Waals surface area contributed by atoms with E-state index < -0.39 is 6.09 Å². The highest BCUT2D eigenvalue weighted by Gasteiger charge is 2.28. The van der Waals surface area contributed by atoms with Gasteiger partial charge in [0.2, 0.25) is 5.91 Å². The Labute approximate surface area is 158 Å². The zero-order chi connectivity index (χ0) is 18.6. The summed E-state index contributed by atoms with van der Waals surface area (Å²) in [4.78, 5) is 31.6. The molecule has 0 aliphatic carbocycles. The van der Waals surface area contributed by atoms with Crippen molar-refractivity contribution >= 4 is 23.6 Å². The van der Waals surface area contributed by atoms with Crippen molar-refractivity contribution in [3.8, 4) is 0 Å². The molecule has 3 aliphatic rings. The predicted molar refractivity (Wildman–Crippen MR) is 99.8 cm³/mol. The molecule has 146 valence electrons. The van der Waals surface area contributed by atoms with Gasteiger partial charge < -0.3 is 19.4 Å². The third-order valence-corrected chi connectivity index (χ3v) is 5.44. The van der Waals surface area contributed by atoms with Crippen molar-refractivity contribution in [3.63, 3.8) is 0 Å². The van der Waals surface area contributed by atoms with Crippen molar-refractivity contribution < 1.29 is 14.3 Å². The molecule has 2 amide bonds. The van der Waals surface area contributed by atoms with Gasteiger partial charge in [-0.05, 0) is 31.4 Å². The highest BCUT2D eigenvalue weighted by atomic mass is 16.6. The second-order valence-corrected chi connectivity index (χ2v) is 7.20. The molecule has 1 aromatic rings. The molecular weight excluding hydrogens is 348 g/mol. The standard InChI is InChI=1S/C18H26N6O3/c25-17(14-24-12-13-27-18(24)26)23-10-8-22(9-11-23)16-5-4-15(19-20-16)21-6-2-1-3-7-21/h4-5H,1-3,6-14H2. The maximum absolute atomic E-state index is 12.4. The van der Waals surface area contributed by atoms with E-state index in [1.807, 2.05) is 12.1 Å². The number of amides is 2. The van der Waals surface area contributed by atoms with Crippen LogP contribution in [0.2, 0.25) is 0 Å². The highest BCUT2D eigenvalue weighted by Crippen LogP contribution is 2.20. The number of carbonyl (C=O) groups is 2. The Bertz CT molecular complexity index is 668. The summed E-state index contributed by atoms with van der Waals surface area (Å²) in [6.07, 6.45) is 3.33. The van der Waals surface area contributed by atoms with Crippen LogP contribution in [0, 0.1) is 0 Å². The molecule has 1 aromatic heterocycles. The average molecular weight is 374 g/mol. The fourth-order valence-corrected chi connectivity index (χ4v) is 3.80. The molecule has 9 nitrogen and oxygen atoms in total. The fraction of sp³-hybridized carbons (Fsp3) is 0.667. The second-order valence-electron chi connectivity index (χ2n) is 7.20. The highest BCUT2D eigenvalue weighted by molar-refractivity contribution is 5.83. The number of nitrogens with zero attached hydrogens (tertiary/aromatic N) is 6. The minimum absolute atomic E-state index is 0.0277. The molecule has 3 fully saturated rings. The lowest BCUT2D eigenvalue weighted by Crippen LogP contribution is -2.51. The Kier molecular flexibility index (Phi) is 5.26. The van der Waals surface area contributed by atoms with Gasteiger partial charge in [-0.1, -0.05) is 0 Å². The van der Waals surface area contributed by atoms with Crippen LogP contribution in [0.15, 0.2) is 12.1 Å².